The Balaban J connectivity index is 2.10. The average Bonchev–Trinajstić information content (AvgIpc) is 2.24. The minimum atomic E-state index is -0.920. The van der Waals surface area contributed by atoms with Crippen molar-refractivity contribution in [2.75, 3.05) is 13.2 Å². The van der Waals surface area contributed by atoms with Crippen molar-refractivity contribution in [1.29, 1.82) is 0 Å². The molecule has 1 aromatic rings. The van der Waals surface area contributed by atoms with Crippen LogP contribution in [0.25, 0.3) is 0 Å². The van der Waals surface area contributed by atoms with Gasteiger partial charge in [0.2, 0.25) is 0 Å². The SMILES string of the molecule is CC(C)c1ccc(C#CC2(O)COC2)cc1. The Hall–Kier alpha value is -1.30. The summed E-state index contributed by atoms with van der Waals surface area (Å²) in [7, 11) is 0. The van der Waals surface area contributed by atoms with Gasteiger partial charge in [0.1, 0.15) is 0 Å². The molecule has 0 aliphatic carbocycles. The molecule has 0 saturated carbocycles. The summed E-state index contributed by atoms with van der Waals surface area (Å²) < 4.78 is 4.92. The Morgan fingerprint density at radius 2 is 1.88 bits per heavy atom. The van der Waals surface area contributed by atoms with Gasteiger partial charge in [0.25, 0.3) is 0 Å². The average molecular weight is 216 g/mol. The van der Waals surface area contributed by atoms with Crippen molar-refractivity contribution < 1.29 is 9.84 Å². The Morgan fingerprint density at radius 3 is 2.31 bits per heavy atom. The van der Waals surface area contributed by atoms with Crippen LogP contribution in [0, 0.1) is 11.8 Å². The second-order valence-electron chi connectivity index (χ2n) is 4.55. The van der Waals surface area contributed by atoms with Crippen LogP contribution in [0.15, 0.2) is 24.3 Å². The van der Waals surface area contributed by atoms with Crippen molar-refractivity contribution in [2.45, 2.75) is 25.4 Å². The van der Waals surface area contributed by atoms with E-state index in [-0.39, 0.29) is 0 Å². The highest BCUT2D eigenvalue weighted by Gasteiger charge is 2.33. The second kappa shape index (κ2) is 4.29. The minimum absolute atomic E-state index is 0.323. The van der Waals surface area contributed by atoms with Crippen LogP contribution in [0.5, 0.6) is 0 Å². The molecule has 1 aromatic carbocycles. The van der Waals surface area contributed by atoms with E-state index < -0.39 is 5.60 Å². The van der Waals surface area contributed by atoms with E-state index >= 15 is 0 Å². The molecule has 0 unspecified atom stereocenters. The molecule has 0 radical (unpaired) electrons. The molecular weight excluding hydrogens is 200 g/mol. The Kier molecular flexibility index (Phi) is 3.00. The summed E-state index contributed by atoms with van der Waals surface area (Å²) in [5, 5.41) is 9.72. The molecule has 1 N–H and O–H groups in total. The number of ether oxygens (including phenoxy) is 1. The van der Waals surface area contributed by atoms with Crippen LogP contribution >= 0.6 is 0 Å². The lowest BCUT2D eigenvalue weighted by atomic mass is 10.0. The zero-order chi connectivity index (χ0) is 11.6. The van der Waals surface area contributed by atoms with E-state index in [1.165, 1.54) is 5.56 Å². The van der Waals surface area contributed by atoms with Crippen molar-refractivity contribution in [3.63, 3.8) is 0 Å². The predicted molar refractivity (Wildman–Crippen MR) is 63.2 cm³/mol. The number of hydrogen-bond donors (Lipinski definition) is 1. The third-order valence-electron chi connectivity index (χ3n) is 2.70. The van der Waals surface area contributed by atoms with E-state index in [1.807, 2.05) is 12.1 Å². The van der Waals surface area contributed by atoms with E-state index in [4.69, 9.17) is 4.74 Å². The highest BCUT2D eigenvalue weighted by molar-refractivity contribution is 5.39. The molecule has 1 saturated heterocycles. The van der Waals surface area contributed by atoms with Gasteiger partial charge in [-0.05, 0) is 23.6 Å². The van der Waals surface area contributed by atoms with Gasteiger partial charge in [0.15, 0.2) is 5.60 Å². The highest BCUT2D eigenvalue weighted by Crippen LogP contribution is 2.16. The summed E-state index contributed by atoms with van der Waals surface area (Å²) in [6.07, 6.45) is 0. The van der Waals surface area contributed by atoms with E-state index in [9.17, 15) is 5.11 Å². The van der Waals surface area contributed by atoms with Crippen LogP contribution in [0.2, 0.25) is 0 Å². The maximum absolute atomic E-state index is 9.72. The van der Waals surface area contributed by atoms with Crippen LogP contribution in [0.3, 0.4) is 0 Å². The molecular formula is C14H16O2. The largest absolute Gasteiger partial charge is 0.373 e. The van der Waals surface area contributed by atoms with Crippen LogP contribution < -0.4 is 0 Å². The molecule has 2 rings (SSSR count). The van der Waals surface area contributed by atoms with E-state index in [1.54, 1.807) is 0 Å². The summed E-state index contributed by atoms with van der Waals surface area (Å²) in [5.41, 5.74) is 1.32. The monoisotopic (exact) mass is 216 g/mol. The van der Waals surface area contributed by atoms with Crippen LogP contribution in [0.1, 0.15) is 30.9 Å². The van der Waals surface area contributed by atoms with Crippen LogP contribution in [0.4, 0.5) is 0 Å². The van der Waals surface area contributed by atoms with Gasteiger partial charge < -0.3 is 9.84 Å². The molecule has 0 spiro atoms. The second-order valence-corrected chi connectivity index (χ2v) is 4.55. The lowest BCUT2D eigenvalue weighted by Crippen LogP contribution is -2.48. The minimum Gasteiger partial charge on any atom is -0.373 e. The molecule has 1 heterocycles. The summed E-state index contributed by atoms with van der Waals surface area (Å²) in [6.45, 7) is 4.97. The standard InChI is InChI=1S/C14H16O2/c1-11(2)13-5-3-12(4-6-13)7-8-14(15)9-16-10-14/h3-6,11,15H,9-10H2,1-2H3. The quantitative estimate of drug-likeness (QED) is 0.727. The molecule has 2 heteroatoms. The summed E-state index contributed by atoms with van der Waals surface area (Å²) in [5.74, 6) is 6.35. The lowest BCUT2D eigenvalue weighted by Gasteiger charge is -2.30. The lowest BCUT2D eigenvalue weighted by molar-refractivity contribution is -0.140. The topological polar surface area (TPSA) is 29.5 Å². The van der Waals surface area contributed by atoms with Crippen molar-refractivity contribution >= 4 is 0 Å². The number of hydrogen-bond acceptors (Lipinski definition) is 2. The molecule has 16 heavy (non-hydrogen) atoms. The fourth-order valence-corrected chi connectivity index (χ4v) is 1.51. The first-order valence-corrected chi connectivity index (χ1v) is 5.52. The van der Waals surface area contributed by atoms with Crippen LogP contribution in [-0.4, -0.2) is 23.9 Å². The van der Waals surface area contributed by atoms with Gasteiger partial charge >= 0.3 is 0 Å². The Morgan fingerprint density at radius 1 is 1.25 bits per heavy atom. The zero-order valence-electron chi connectivity index (χ0n) is 9.66. The molecule has 2 nitrogen and oxygen atoms in total. The van der Waals surface area contributed by atoms with Crippen LogP contribution in [-0.2, 0) is 4.74 Å². The van der Waals surface area contributed by atoms with Gasteiger partial charge in [-0.1, -0.05) is 37.8 Å². The van der Waals surface area contributed by atoms with E-state index in [0.717, 1.165) is 5.56 Å². The zero-order valence-corrected chi connectivity index (χ0v) is 9.66. The molecule has 1 aliphatic rings. The maximum Gasteiger partial charge on any atom is 0.172 e. The van der Waals surface area contributed by atoms with Gasteiger partial charge in [-0.25, -0.2) is 0 Å². The molecule has 84 valence electrons. The fraction of sp³-hybridized carbons (Fsp3) is 0.429. The maximum atomic E-state index is 9.72. The van der Waals surface area contributed by atoms with Crippen molar-refractivity contribution in [2.24, 2.45) is 0 Å². The Labute approximate surface area is 96.3 Å². The van der Waals surface area contributed by atoms with Crippen molar-refractivity contribution in [3.8, 4) is 11.8 Å². The molecule has 0 amide bonds. The van der Waals surface area contributed by atoms with E-state index in [0.29, 0.717) is 19.1 Å². The number of aliphatic hydroxyl groups is 1. The smallest absolute Gasteiger partial charge is 0.172 e. The summed E-state index contributed by atoms with van der Waals surface area (Å²) in [4.78, 5) is 0. The third-order valence-corrected chi connectivity index (χ3v) is 2.70. The number of rotatable bonds is 1. The normalized spacial score (nSPS) is 17.5. The van der Waals surface area contributed by atoms with Gasteiger partial charge in [-0.15, -0.1) is 0 Å². The first-order chi connectivity index (χ1) is 7.59. The molecule has 1 aliphatic heterocycles. The fourth-order valence-electron chi connectivity index (χ4n) is 1.51. The summed E-state index contributed by atoms with van der Waals surface area (Å²) >= 11 is 0. The van der Waals surface area contributed by atoms with Crippen molar-refractivity contribution in [3.05, 3.63) is 35.4 Å². The molecule has 0 aromatic heterocycles. The van der Waals surface area contributed by atoms with E-state index in [2.05, 4.69) is 37.8 Å². The third kappa shape index (κ3) is 2.44. The van der Waals surface area contributed by atoms with Gasteiger partial charge in [-0.2, -0.15) is 0 Å². The molecule has 0 atom stereocenters. The van der Waals surface area contributed by atoms with Crippen molar-refractivity contribution in [1.82, 2.24) is 0 Å². The molecule has 1 fully saturated rings. The van der Waals surface area contributed by atoms with Gasteiger partial charge in [-0.3, -0.25) is 0 Å². The first-order valence-electron chi connectivity index (χ1n) is 5.52. The van der Waals surface area contributed by atoms with Gasteiger partial charge in [0, 0.05) is 5.56 Å². The highest BCUT2D eigenvalue weighted by atomic mass is 16.5. The first kappa shape index (κ1) is 11.2. The molecule has 0 bridgehead atoms. The van der Waals surface area contributed by atoms with Gasteiger partial charge in [0.05, 0.1) is 13.2 Å². The summed E-state index contributed by atoms with van der Waals surface area (Å²) in [6, 6.07) is 8.14. The Bertz CT molecular complexity index is 416. The predicted octanol–water partition coefficient (Wildman–Crippen LogP) is 1.92. The number of benzene rings is 1.